The fourth-order valence-corrected chi connectivity index (χ4v) is 2.29. The Kier molecular flexibility index (Phi) is 4.04. The SMILES string of the molecule is Cc1ccc(C=CC(=O)NC2CCC(C(=O)O)C2)o1. The van der Waals surface area contributed by atoms with Gasteiger partial charge in [0, 0.05) is 12.1 Å². The predicted octanol–water partition coefficient (Wildman–Crippen LogP) is 1.97. The number of carboxylic acid groups (broad SMARTS) is 1. The molecule has 2 unspecified atom stereocenters. The van der Waals surface area contributed by atoms with Crippen LogP contribution in [0.15, 0.2) is 22.6 Å². The molecule has 0 radical (unpaired) electrons. The fourth-order valence-electron chi connectivity index (χ4n) is 2.29. The number of hydrogen-bond donors (Lipinski definition) is 2. The van der Waals surface area contributed by atoms with Crippen molar-refractivity contribution in [3.8, 4) is 0 Å². The first-order valence-electron chi connectivity index (χ1n) is 6.32. The van der Waals surface area contributed by atoms with Crippen molar-refractivity contribution in [1.82, 2.24) is 5.32 Å². The average molecular weight is 263 g/mol. The lowest BCUT2D eigenvalue weighted by Crippen LogP contribution is -2.31. The van der Waals surface area contributed by atoms with E-state index in [1.807, 2.05) is 13.0 Å². The number of aliphatic carboxylic acids is 1. The first-order chi connectivity index (χ1) is 9.04. The van der Waals surface area contributed by atoms with Gasteiger partial charge in [-0.1, -0.05) is 0 Å². The van der Waals surface area contributed by atoms with Gasteiger partial charge in [0.05, 0.1) is 5.92 Å². The van der Waals surface area contributed by atoms with Crippen LogP contribution in [-0.4, -0.2) is 23.0 Å². The molecule has 0 aliphatic heterocycles. The van der Waals surface area contributed by atoms with Crippen LogP contribution in [0.3, 0.4) is 0 Å². The van der Waals surface area contributed by atoms with Gasteiger partial charge in [-0.3, -0.25) is 9.59 Å². The summed E-state index contributed by atoms with van der Waals surface area (Å²) >= 11 is 0. The molecule has 2 rings (SSSR count). The highest BCUT2D eigenvalue weighted by Gasteiger charge is 2.30. The summed E-state index contributed by atoms with van der Waals surface area (Å²) in [6.45, 7) is 1.84. The summed E-state index contributed by atoms with van der Waals surface area (Å²) in [6.07, 6.45) is 4.87. The van der Waals surface area contributed by atoms with Crippen LogP contribution in [0.4, 0.5) is 0 Å². The van der Waals surface area contributed by atoms with Crippen molar-refractivity contribution >= 4 is 18.0 Å². The smallest absolute Gasteiger partial charge is 0.306 e. The van der Waals surface area contributed by atoms with Crippen molar-refractivity contribution < 1.29 is 19.1 Å². The van der Waals surface area contributed by atoms with Crippen LogP contribution < -0.4 is 5.32 Å². The Bertz CT molecular complexity index is 503. The van der Waals surface area contributed by atoms with Gasteiger partial charge in [0.25, 0.3) is 0 Å². The highest BCUT2D eigenvalue weighted by Crippen LogP contribution is 2.25. The monoisotopic (exact) mass is 263 g/mol. The molecule has 1 heterocycles. The maximum Gasteiger partial charge on any atom is 0.306 e. The molecule has 1 amide bonds. The second-order valence-electron chi connectivity index (χ2n) is 4.84. The van der Waals surface area contributed by atoms with E-state index < -0.39 is 5.97 Å². The molecule has 0 spiro atoms. The number of hydrogen-bond acceptors (Lipinski definition) is 3. The standard InChI is InChI=1S/C14H17NO4/c1-9-2-5-12(19-9)6-7-13(16)15-11-4-3-10(8-11)14(17)18/h2,5-7,10-11H,3-4,8H2,1H3,(H,15,16)(H,17,18). The zero-order valence-electron chi connectivity index (χ0n) is 10.8. The summed E-state index contributed by atoms with van der Waals surface area (Å²) in [4.78, 5) is 22.5. The Morgan fingerprint density at radius 2 is 2.21 bits per heavy atom. The molecule has 2 N–H and O–H groups in total. The molecule has 2 atom stereocenters. The lowest BCUT2D eigenvalue weighted by molar-refractivity contribution is -0.141. The largest absolute Gasteiger partial charge is 0.481 e. The highest BCUT2D eigenvalue weighted by atomic mass is 16.4. The van der Waals surface area contributed by atoms with Crippen LogP contribution in [0.5, 0.6) is 0 Å². The first-order valence-corrected chi connectivity index (χ1v) is 6.32. The molecule has 1 aliphatic carbocycles. The van der Waals surface area contributed by atoms with Gasteiger partial charge in [-0.2, -0.15) is 0 Å². The number of amides is 1. The Balaban J connectivity index is 1.82. The first kappa shape index (κ1) is 13.4. The van der Waals surface area contributed by atoms with Crippen molar-refractivity contribution in [2.24, 2.45) is 5.92 Å². The van der Waals surface area contributed by atoms with Crippen LogP contribution in [0.25, 0.3) is 6.08 Å². The Labute approximate surface area is 111 Å². The van der Waals surface area contributed by atoms with Crippen molar-refractivity contribution in [1.29, 1.82) is 0 Å². The van der Waals surface area contributed by atoms with E-state index in [4.69, 9.17) is 9.52 Å². The maximum absolute atomic E-state index is 11.7. The zero-order valence-corrected chi connectivity index (χ0v) is 10.8. The second-order valence-corrected chi connectivity index (χ2v) is 4.84. The molecule has 1 saturated carbocycles. The molecule has 5 nitrogen and oxygen atoms in total. The minimum atomic E-state index is -0.779. The molecule has 0 saturated heterocycles. The van der Waals surface area contributed by atoms with E-state index in [0.29, 0.717) is 18.6 Å². The van der Waals surface area contributed by atoms with Crippen LogP contribution in [0.2, 0.25) is 0 Å². The van der Waals surface area contributed by atoms with E-state index in [2.05, 4.69) is 5.32 Å². The van der Waals surface area contributed by atoms with Gasteiger partial charge in [0.1, 0.15) is 11.5 Å². The van der Waals surface area contributed by atoms with Gasteiger partial charge >= 0.3 is 5.97 Å². The second kappa shape index (κ2) is 5.73. The summed E-state index contributed by atoms with van der Waals surface area (Å²) in [7, 11) is 0. The highest BCUT2D eigenvalue weighted by molar-refractivity contribution is 5.91. The van der Waals surface area contributed by atoms with Gasteiger partial charge in [-0.05, 0) is 44.4 Å². The predicted molar refractivity (Wildman–Crippen MR) is 69.4 cm³/mol. The summed E-state index contributed by atoms with van der Waals surface area (Å²) in [5.41, 5.74) is 0. The lowest BCUT2D eigenvalue weighted by Gasteiger charge is -2.09. The molecular formula is C14H17NO4. The molecule has 102 valence electrons. The van der Waals surface area contributed by atoms with Gasteiger partial charge in [-0.25, -0.2) is 0 Å². The number of carbonyl (C=O) groups excluding carboxylic acids is 1. The number of aryl methyl sites for hydroxylation is 1. The van der Waals surface area contributed by atoms with Crippen molar-refractivity contribution in [3.63, 3.8) is 0 Å². The normalized spacial score (nSPS) is 22.8. The van der Waals surface area contributed by atoms with Gasteiger partial charge < -0.3 is 14.8 Å². The summed E-state index contributed by atoms with van der Waals surface area (Å²) in [5, 5.41) is 11.7. The average Bonchev–Trinajstić information content (AvgIpc) is 2.96. The summed E-state index contributed by atoms with van der Waals surface area (Å²) in [5.74, 6) is 0.0908. The van der Waals surface area contributed by atoms with E-state index >= 15 is 0 Å². The third-order valence-electron chi connectivity index (χ3n) is 3.29. The minimum absolute atomic E-state index is 0.0448. The molecule has 0 aromatic carbocycles. The van der Waals surface area contributed by atoms with Gasteiger partial charge in [0.15, 0.2) is 0 Å². The van der Waals surface area contributed by atoms with Crippen LogP contribution in [0.1, 0.15) is 30.8 Å². The van der Waals surface area contributed by atoms with Crippen LogP contribution in [-0.2, 0) is 9.59 Å². The van der Waals surface area contributed by atoms with E-state index in [9.17, 15) is 9.59 Å². The third-order valence-corrected chi connectivity index (χ3v) is 3.29. The van der Waals surface area contributed by atoms with Crippen molar-refractivity contribution in [2.75, 3.05) is 0 Å². The molecule has 19 heavy (non-hydrogen) atoms. The molecule has 1 fully saturated rings. The fraction of sp³-hybridized carbons (Fsp3) is 0.429. The summed E-state index contributed by atoms with van der Waals surface area (Å²) in [6, 6.07) is 3.57. The number of rotatable bonds is 4. The van der Waals surface area contributed by atoms with Gasteiger partial charge in [-0.15, -0.1) is 0 Å². The number of nitrogens with one attached hydrogen (secondary N) is 1. The summed E-state index contributed by atoms with van der Waals surface area (Å²) < 4.78 is 5.31. The Morgan fingerprint density at radius 3 is 2.79 bits per heavy atom. The van der Waals surface area contributed by atoms with Gasteiger partial charge in [0.2, 0.25) is 5.91 Å². The van der Waals surface area contributed by atoms with E-state index in [1.165, 1.54) is 6.08 Å². The number of furan rings is 1. The van der Waals surface area contributed by atoms with E-state index in [1.54, 1.807) is 12.1 Å². The number of carboxylic acids is 1. The minimum Gasteiger partial charge on any atom is -0.481 e. The molecule has 1 aromatic heterocycles. The third kappa shape index (κ3) is 3.71. The molecule has 5 heteroatoms. The molecular weight excluding hydrogens is 246 g/mol. The van der Waals surface area contributed by atoms with E-state index in [0.717, 1.165) is 12.2 Å². The van der Waals surface area contributed by atoms with Crippen molar-refractivity contribution in [2.45, 2.75) is 32.2 Å². The maximum atomic E-state index is 11.7. The van der Waals surface area contributed by atoms with Crippen LogP contribution >= 0.6 is 0 Å². The van der Waals surface area contributed by atoms with E-state index in [-0.39, 0.29) is 17.9 Å². The van der Waals surface area contributed by atoms with Crippen molar-refractivity contribution in [3.05, 3.63) is 29.7 Å². The molecule has 1 aliphatic rings. The number of carbonyl (C=O) groups is 2. The lowest BCUT2D eigenvalue weighted by atomic mass is 10.1. The quantitative estimate of drug-likeness (QED) is 0.814. The molecule has 1 aromatic rings. The molecule has 0 bridgehead atoms. The Morgan fingerprint density at radius 1 is 1.42 bits per heavy atom. The van der Waals surface area contributed by atoms with Crippen LogP contribution in [0, 0.1) is 12.8 Å². The zero-order chi connectivity index (χ0) is 13.8. The Hall–Kier alpha value is -2.04. The topological polar surface area (TPSA) is 79.5 Å².